The van der Waals surface area contributed by atoms with Crippen LogP contribution in [0.4, 0.5) is 0 Å². The van der Waals surface area contributed by atoms with E-state index < -0.39 is 60.6 Å². The van der Waals surface area contributed by atoms with E-state index in [-0.39, 0.29) is 12.3 Å². The maximum atomic E-state index is 12.7. The lowest BCUT2D eigenvalue weighted by atomic mass is 10.0. The van der Waals surface area contributed by atoms with E-state index in [4.69, 9.17) is 15.9 Å². The van der Waals surface area contributed by atoms with Crippen LogP contribution in [0.2, 0.25) is 0 Å². The lowest BCUT2D eigenvalue weighted by Gasteiger charge is -2.26. The van der Waals surface area contributed by atoms with Gasteiger partial charge in [-0.05, 0) is 31.3 Å². The Balaban J connectivity index is 5.30. The summed E-state index contributed by atoms with van der Waals surface area (Å²) in [5.41, 5.74) is 5.80. The highest BCUT2D eigenvalue weighted by Crippen LogP contribution is 2.05. The Labute approximate surface area is 174 Å². The number of thioether (sulfide) groups is 1. The number of carboxylic acids is 1. The number of aliphatic hydroxyl groups excluding tert-OH is 2. The number of amides is 3. The van der Waals surface area contributed by atoms with Gasteiger partial charge in [-0.15, -0.1) is 0 Å². The van der Waals surface area contributed by atoms with Crippen molar-refractivity contribution in [2.24, 2.45) is 11.7 Å². The highest BCUT2D eigenvalue weighted by atomic mass is 32.2. The number of hydrogen-bond donors (Lipinski definition) is 7. The zero-order valence-electron chi connectivity index (χ0n) is 17.0. The van der Waals surface area contributed by atoms with Crippen LogP contribution in [0, 0.1) is 5.92 Å². The van der Waals surface area contributed by atoms with Gasteiger partial charge in [0.15, 0.2) is 0 Å². The van der Waals surface area contributed by atoms with Crippen molar-refractivity contribution in [1.29, 1.82) is 0 Å². The minimum absolute atomic E-state index is 0.151. The van der Waals surface area contributed by atoms with Gasteiger partial charge in [-0.1, -0.05) is 13.8 Å². The first-order valence-corrected chi connectivity index (χ1v) is 10.5. The molecular weight excluding hydrogens is 404 g/mol. The van der Waals surface area contributed by atoms with Crippen LogP contribution in [0.1, 0.15) is 27.2 Å². The zero-order valence-corrected chi connectivity index (χ0v) is 17.9. The van der Waals surface area contributed by atoms with Crippen molar-refractivity contribution in [2.75, 3.05) is 18.6 Å². The zero-order chi connectivity index (χ0) is 22.7. The number of hydrogen-bond acceptors (Lipinski definition) is 8. The highest BCUT2D eigenvalue weighted by molar-refractivity contribution is 7.98. The largest absolute Gasteiger partial charge is 0.480 e. The second kappa shape index (κ2) is 13.4. The molecule has 168 valence electrons. The monoisotopic (exact) mass is 436 g/mol. The van der Waals surface area contributed by atoms with Gasteiger partial charge >= 0.3 is 5.97 Å². The third kappa shape index (κ3) is 9.43. The Morgan fingerprint density at radius 1 is 0.966 bits per heavy atom. The Hall–Kier alpha value is -1.89. The van der Waals surface area contributed by atoms with Crippen molar-refractivity contribution in [3.63, 3.8) is 0 Å². The molecule has 0 radical (unpaired) electrons. The van der Waals surface area contributed by atoms with Crippen molar-refractivity contribution < 1.29 is 34.5 Å². The van der Waals surface area contributed by atoms with E-state index in [0.29, 0.717) is 5.75 Å². The van der Waals surface area contributed by atoms with Crippen molar-refractivity contribution in [3.05, 3.63) is 0 Å². The SMILES string of the molecule is CSCCC(NC(=O)C(N)C(C)C)C(=O)NC(C(=O)NC(CO)C(=O)O)C(C)O. The van der Waals surface area contributed by atoms with Crippen LogP contribution < -0.4 is 21.7 Å². The van der Waals surface area contributed by atoms with Crippen molar-refractivity contribution in [3.8, 4) is 0 Å². The van der Waals surface area contributed by atoms with Crippen molar-refractivity contribution >= 4 is 35.5 Å². The molecular formula is C17H32N4O7S. The van der Waals surface area contributed by atoms with E-state index in [0.717, 1.165) is 0 Å². The molecule has 0 aliphatic rings. The summed E-state index contributed by atoms with van der Waals surface area (Å²) in [5, 5.41) is 34.7. The van der Waals surface area contributed by atoms with Gasteiger partial charge in [-0.2, -0.15) is 11.8 Å². The Morgan fingerprint density at radius 3 is 1.93 bits per heavy atom. The number of carboxylic acid groups (broad SMARTS) is 1. The van der Waals surface area contributed by atoms with Crippen molar-refractivity contribution in [1.82, 2.24) is 16.0 Å². The summed E-state index contributed by atoms with van der Waals surface area (Å²) < 4.78 is 0. The molecule has 3 amide bonds. The van der Waals surface area contributed by atoms with Crippen LogP contribution in [0.5, 0.6) is 0 Å². The van der Waals surface area contributed by atoms with Gasteiger partial charge in [-0.25, -0.2) is 4.79 Å². The molecule has 0 bridgehead atoms. The third-order valence-electron chi connectivity index (χ3n) is 4.12. The average Bonchev–Trinajstić information content (AvgIpc) is 2.65. The summed E-state index contributed by atoms with van der Waals surface area (Å²) in [6.07, 6.45) is 0.720. The van der Waals surface area contributed by atoms with Crippen LogP contribution in [-0.2, 0) is 19.2 Å². The van der Waals surface area contributed by atoms with Crippen LogP contribution in [0.15, 0.2) is 0 Å². The van der Waals surface area contributed by atoms with Gasteiger partial charge in [0, 0.05) is 0 Å². The fourth-order valence-corrected chi connectivity index (χ4v) is 2.65. The summed E-state index contributed by atoms with van der Waals surface area (Å²) in [5.74, 6) is -3.31. The molecule has 0 saturated heterocycles. The smallest absolute Gasteiger partial charge is 0.328 e. The number of aliphatic carboxylic acids is 1. The van der Waals surface area contributed by atoms with E-state index in [1.54, 1.807) is 13.8 Å². The maximum absolute atomic E-state index is 12.7. The minimum atomic E-state index is -1.59. The van der Waals surface area contributed by atoms with E-state index in [1.807, 2.05) is 11.6 Å². The summed E-state index contributed by atoms with van der Waals surface area (Å²) in [6, 6.07) is -4.89. The average molecular weight is 437 g/mol. The van der Waals surface area contributed by atoms with Gasteiger partial charge in [-0.3, -0.25) is 14.4 Å². The normalized spacial score (nSPS) is 16.3. The van der Waals surface area contributed by atoms with E-state index in [2.05, 4.69) is 10.6 Å². The van der Waals surface area contributed by atoms with Gasteiger partial charge in [0.1, 0.15) is 18.1 Å². The molecule has 0 rings (SSSR count). The maximum Gasteiger partial charge on any atom is 0.328 e. The molecule has 0 spiro atoms. The molecule has 0 aromatic carbocycles. The summed E-state index contributed by atoms with van der Waals surface area (Å²) in [4.78, 5) is 48.1. The Bertz CT molecular complexity index is 574. The van der Waals surface area contributed by atoms with Gasteiger partial charge in [0.2, 0.25) is 17.7 Å². The molecule has 29 heavy (non-hydrogen) atoms. The molecule has 0 fully saturated rings. The summed E-state index contributed by atoms with van der Waals surface area (Å²) in [7, 11) is 0. The van der Waals surface area contributed by atoms with E-state index in [1.165, 1.54) is 18.7 Å². The standard InChI is InChI=1S/C17H32N4O7S/c1-8(2)12(18)15(25)19-10(5-6-29-4)14(24)21-13(9(3)23)16(26)20-11(7-22)17(27)28/h8-13,22-23H,5-7,18H2,1-4H3,(H,19,25)(H,20,26)(H,21,24)(H,27,28). The second-order valence-electron chi connectivity index (χ2n) is 6.92. The Morgan fingerprint density at radius 2 is 1.52 bits per heavy atom. The first-order valence-electron chi connectivity index (χ1n) is 9.13. The predicted octanol–water partition coefficient (Wildman–Crippen LogP) is -2.37. The van der Waals surface area contributed by atoms with Gasteiger partial charge in [0.05, 0.1) is 18.8 Å². The quantitative estimate of drug-likeness (QED) is 0.165. The number of carbonyl (C=O) groups excluding carboxylic acids is 3. The molecule has 8 N–H and O–H groups in total. The molecule has 0 aliphatic carbocycles. The van der Waals surface area contributed by atoms with E-state index >= 15 is 0 Å². The minimum Gasteiger partial charge on any atom is -0.480 e. The molecule has 0 aromatic rings. The molecule has 0 heterocycles. The van der Waals surface area contributed by atoms with E-state index in [9.17, 15) is 24.3 Å². The molecule has 5 atom stereocenters. The number of carbonyl (C=O) groups is 4. The van der Waals surface area contributed by atoms with Crippen molar-refractivity contribution in [2.45, 2.75) is 57.5 Å². The van der Waals surface area contributed by atoms with Crippen LogP contribution in [0.25, 0.3) is 0 Å². The second-order valence-corrected chi connectivity index (χ2v) is 7.91. The lowest BCUT2D eigenvalue weighted by Crippen LogP contribution is -2.60. The summed E-state index contributed by atoms with van der Waals surface area (Å²) >= 11 is 1.45. The number of rotatable bonds is 13. The fourth-order valence-electron chi connectivity index (χ4n) is 2.18. The van der Waals surface area contributed by atoms with Gasteiger partial charge in [0.25, 0.3) is 0 Å². The van der Waals surface area contributed by atoms with Crippen LogP contribution in [0.3, 0.4) is 0 Å². The molecule has 5 unspecified atom stereocenters. The molecule has 0 aromatic heterocycles. The first-order chi connectivity index (χ1) is 13.5. The molecule has 12 heteroatoms. The molecule has 11 nitrogen and oxygen atoms in total. The number of nitrogens with one attached hydrogen (secondary N) is 3. The third-order valence-corrected chi connectivity index (χ3v) is 4.77. The molecule has 0 saturated carbocycles. The van der Waals surface area contributed by atoms with Crippen LogP contribution in [-0.4, -0.2) is 87.9 Å². The predicted molar refractivity (Wildman–Crippen MR) is 108 cm³/mol. The topological polar surface area (TPSA) is 191 Å². The summed E-state index contributed by atoms with van der Waals surface area (Å²) in [6.45, 7) is 3.90. The number of nitrogens with two attached hydrogens (primary N) is 1. The fraction of sp³-hybridized carbons (Fsp3) is 0.765. The van der Waals surface area contributed by atoms with Crippen LogP contribution >= 0.6 is 11.8 Å². The molecule has 0 aliphatic heterocycles. The Kier molecular flexibility index (Phi) is 12.5. The number of aliphatic hydroxyl groups is 2. The first kappa shape index (κ1) is 27.1. The van der Waals surface area contributed by atoms with Gasteiger partial charge < -0.3 is 37.0 Å². The lowest BCUT2D eigenvalue weighted by molar-refractivity contribution is -0.144. The highest BCUT2D eigenvalue weighted by Gasteiger charge is 2.32.